The Bertz CT molecular complexity index is 1560. The van der Waals surface area contributed by atoms with Crippen molar-refractivity contribution in [3.8, 4) is 17.4 Å². The second-order valence-electron chi connectivity index (χ2n) is 6.88. The fourth-order valence-electron chi connectivity index (χ4n) is 3.28. The largest absolute Gasteiger partial charge is 0.464 e. The number of furan rings is 1. The number of pyridine rings is 1. The predicted molar refractivity (Wildman–Crippen MR) is 122 cm³/mol. The summed E-state index contributed by atoms with van der Waals surface area (Å²) in [6, 6.07) is 10.3. The molecule has 3 heterocycles. The summed E-state index contributed by atoms with van der Waals surface area (Å²) in [4.78, 5) is 28.8. The van der Waals surface area contributed by atoms with Crippen LogP contribution in [-0.2, 0) is 14.8 Å². The molecule has 0 unspecified atom stereocenters. The second-order valence-corrected chi connectivity index (χ2v) is 9.56. The van der Waals surface area contributed by atoms with Gasteiger partial charge in [0.25, 0.3) is 10.0 Å². The molecule has 12 heteroatoms. The number of sulfonamides is 1. The Kier molecular flexibility index (Phi) is 5.36. The van der Waals surface area contributed by atoms with Gasteiger partial charge in [0.15, 0.2) is 0 Å². The van der Waals surface area contributed by atoms with Crippen LogP contribution in [0.5, 0.6) is 0 Å². The number of benzene rings is 1. The van der Waals surface area contributed by atoms with Crippen LogP contribution in [0.15, 0.2) is 52.0 Å². The number of nitrogens with one attached hydrogen (secondary N) is 1. The summed E-state index contributed by atoms with van der Waals surface area (Å²) in [5.41, 5.74) is 13.0. The minimum Gasteiger partial charge on any atom is -0.464 e. The lowest BCUT2D eigenvalue weighted by molar-refractivity contribution is -0.117. The Morgan fingerprint density at radius 3 is 2.45 bits per heavy atom. The van der Waals surface area contributed by atoms with Gasteiger partial charge in [0.05, 0.1) is 22.4 Å². The molecule has 3 aromatic heterocycles. The van der Waals surface area contributed by atoms with E-state index in [1.807, 2.05) is 10.8 Å². The Labute approximate surface area is 191 Å². The number of nitriles is 1. The van der Waals surface area contributed by atoms with Crippen LogP contribution in [0.25, 0.3) is 21.5 Å². The second kappa shape index (κ2) is 8.05. The maximum absolute atomic E-state index is 13.2. The zero-order chi connectivity index (χ0) is 23.9. The van der Waals surface area contributed by atoms with E-state index in [9.17, 15) is 23.3 Å². The molecule has 0 spiro atoms. The first-order valence-electron chi connectivity index (χ1n) is 9.27. The van der Waals surface area contributed by atoms with Crippen LogP contribution in [0.3, 0.4) is 0 Å². The summed E-state index contributed by atoms with van der Waals surface area (Å²) in [6.07, 6.45) is 1.43. The first-order chi connectivity index (χ1) is 15.6. The molecule has 0 saturated carbocycles. The van der Waals surface area contributed by atoms with Gasteiger partial charge in [0.1, 0.15) is 32.9 Å². The number of anilines is 2. The van der Waals surface area contributed by atoms with E-state index in [0.29, 0.717) is 21.5 Å². The maximum Gasteiger partial charge on any atom is 0.264 e. The van der Waals surface area contributed by atoms with Gasteiger partial charge in [-0.1, -0.05) is 0 Å². The number of nitrogens with two attached hydrogens (primary N) is 2. The number of carbonyl (C=O) groups is 2. The average Bonchev–Trinajstić information content (AvgIpc) is 3.40. The number of fused-ring (bicyclic) bond motifs is 1. The summed E-state index contributed by atoms with van der Waals surface area (Å²) in [6.45, 7) is 1.08. The van der Waals surface area contributed by atoms with Gasteiger partial charge in [-0.15, -0.1) is 11.3 Å². The lowest BCUT2D eigenvalue weighted by atomic mass is 10.0. The molecular formula is C21H15N5O5S2. The number of nitrogen functional groups attached to an aromatic ring is 2. The van der Waals surface area contributed by atoms with E-state index in [4.69, 9.17) is 15.9 Å². The van der Waals surface area contributed by atoms with Crippen LogP contribution in [0.4, 0.5) is 11.5 Å². The molecule has 33 heavy (non-hydrogen) atoms. The first-order valence-corrected chi connectivity index (χ1v) is 11.6. The van der Waals surface area contributed by atoms with Crippen molar-refractivity contribution in [2.45, 2.75) is 11.8 Å². The molecule has 0 saturated heterocycles. The van der Waals surface area contributed by atoms with Crippen molar-refractivity contribution in [1.82, 2.24) is 9.71 Å². The van der Waals surface area contributed by atoms with Crippen molar-refractivity contribution in [3.05, 3.63) is 58.7 Å². The number of amides is 1. The molecule has 0 fully saturated rings. The zero-order valence-electron chi connectivity index (χ0n) is 16.9. The third-order valence-corrected chi connectivity index (χ3v) is 7.24. The topological polar surface area (TPSA) is 182 Å². The standard InChI is InChI=1S/C21H15N5O5S2/c1-10(27)26-33(29,30)12-6-4-11(5-7-12)18(28)19-17(23)16-15(14-3-2-8-31-14)13(9-22)20(24)25-21(16)32-19/h2-8H,23H2,1H3,(H2,24,25)(H,26,27). The van der Waals surface area contributed by atoms with Gasteiger partial charge in [-0.3, -0.25) is 9.59 Å². The van der Waals surface area contributed by atoms with E-state index in [-0.39, 0.29) is 32.4 Å². The predicted octanol–water partition coefficient (Wildman–Crippen LogP) is 2.65. The molecule has 10 nitrogen and oxygen atoms in total. The smallest absolute Gasteiger partial charge is 0.264 e. The van der Waals surface area contributed by atoms with Crippen LogP contribution in [-0.4, -0.2) is 25.1 Å². The minimum absolute atomic E-state index is 0.0239. The summed E-state index contributed by atoms with van der Waals surface area (Å²) in [7, 11) is -4.04. The molecule has 4 aromatic rings. The van der Waals surface area contributed by atoms with E-state index in [0.717, 1.165) is 18.3 Å². The quantitative estimate of drug-likeness (QED) is 0.361. The SMILES string of the molecule is CC(=O)NS(=O)(=O)c1ccc(C(=O)c2sc3nc(N)c(C#N)c(-c4ccco4)c3c2N)cc1. The fourth-order valence-corrected chi connectivity index (χ4v) is 5.35. The highest BCUT2D eigenvalue weighted by molar-refractivity contribution is 7.90. The molecule has 1 amide bonds. The van der Waals surface area contributed by atoms with Crippen molar-refractivity contribution in [1.29, 1.82) is 5.26 Å². The Morgan fingerprint density at radius 2 is 1.88 bits per heavy atom. The normalized spacial score (nSPS) is 11.3. The highest BCUT2D eigenvalue weighted by Crippen LogP contribution is 2.43. The Morgan fingerprint density at radius 1 is 1.18 bits per heavy atom. The zero-order valence-corrected chi connectivity index (χ0v) is 18.6. The number of carbonyl (C=O) groups excluding carboxylic acids is 2. The van der Waals surface area contributed by atoms with E-state index in [1.165, 1.54) is 30.5 Å². The lowest BCUT2D eigenvalue weighted by Gasteiger charge is -2.07. The molecule has 1 aromatic carbocycles. The van der Waals surface area contributed by atoms with Crippen molar-refractivity contribution in [2.24, 2.45) is 0 Å². The fraction of sp³-hybridized carbons (Fsp3) is 0.0476. The van der Waals surface area contributed by atoms with Crippen LogP contribution in [0, 0.1) is 11.3 Å². The van der Waals surface area contributed by atoms with Crippen molar-refractivity contribution in [2.75, 3.05) is 11.5 Å². The van der Waals surface area contributed by atoms with Gasteiger partial charge in [-0.25, -0.2) is 18.1 Å². The summed E-state index contributed by atoms with van der Waals surface area (Å²) < 4.78 is 31.5. The number of hydrogen-bond acceptors (Lipinski definition) is 10. The van der Waals surface area contributed by atoms with Crippen molar-refractivity contribution < 1.29 is 22.4 Å². The molecule has 0 atom stereocenters. The van der Waals surface area contributed by atoms with Crippen LogP contribution in [0.2, 0.25) is 0 Å². The molecule has 0 aliphatic carbocycles. The minimum atomic E-state index is -4.04. The van der Waals surface area contributed by atoms with Gasteiger partial charge < -0.3 is 15.9 Å². The number of aromatic nitrogens is 1. The molecule has 166 valence electrons. The van der Waals surface area contributed by atoms with E-state index in [1.54, 1.807) is 12.1 Å². The number of thiophene rings is 1. The first kappa shape index (κ1) is 22.0. The van der Waals surface area contributed by atoms with Gasteiger partial charge in [0, 0.05) is 17.9 Å². The Hall–Kier alpha value is -4.21. The van der Waals surface area contributed by atoms with E-state index < -0.39 is 21.7 Å². The van der Waals surface area contributed by atoms with Gasteiger partial charge >= 0.3 is 0 Å². The third-order valence-electron chi connectivity index (χ3n) is 4.70. The monoisotopic (exact) mass is 481 g/mol. The number of hydrogen-bond donors (Lipinski definition) is 3. The highest BCUT2D eigenvalue weighted by atomic mass is 32.2. The van der Waals surface area contributed by atoms with Crippen molar-refractivity contribution in [3.63, 3.8) is 0 Å². The Balaban J connectivity index is 1.82. The molecule has 0 radical (unpaired) electrons. The third kappa shape index (κ3) is 3.79. The summed E-state index contributed by atoms with van der Waals surface area (Å²) in [5, 5.41) is 9.97. The molecule has 0 aliphatic rings. The highest BCUT2D eigenvalue weighted by Gasteiger charge is 2.26. The average molecular weight is 482 g/mol. The van der Waals surface area contributed by atoms with Crippen molar-refractivity contribution >= 4 is 54.8 Å². The molecule has 4 rings (SSSR count). The lowest BCUT2D eigenvalue weighted by Crippen LogP contribution is -2.28. The molecule has 5 N–H and O–H groups in total. The van der Waals surface area contributed by atoms with Gasteiger partial charge in [-0.05, 0) is 36.4 Å². The summed E-state index contributed by atoms with van der Waals surface area (Å²) in [5.74, 6) is -0.878. The molecule has 0 aliphatic heterocycles. The van der Waals surface area contributed by atoms with E-state index >= 15 is 0 Å². The number of ketones is 1. The van der Waals surface area contributed by atoms with Gasteiger partial charge in [-0.2, -0.15) is 5.26 Å². The number of nitrogens with zero attached hydrogens (tertiary/aromatic N) is 2. The molecule has 0 bridgehead atoms. The molecular weight excluding hydrogens is 466 g/mol. The van der Waals surface area contributed by atoms with E-state index in [2.05, 4.69) is 4.98 Å². The summed E-state index contributed by atoms with van der Waals surface area (Å²) >= 11 is 0.998. The van der Waals surface area contributed by atoms with Crippen LogP contribution >= 0.6 is 11.3 Å². The van der Waals surface area contributed by atoms with Crippen LogP contribution < -0.4 is 16.2 Å². The van der Waals surface area contributed by atoms with Crippen LogP contribution in [0.1, 0.15) is 27.7 Å². The maximum atomic E-state index is 13.2. The van der Waals surface area contributed by atoms with Gasteiger partial charge in [0.2, 0.25) is 11.7 Å². The number of rotatable bonds is 5.